The van der Waals surface area contributed by atoms with Gasteiger partial charge in [0, 0.05) is 39.3 Å². The standard InChI is InChI=1S/C23H31FN4O2S/c1-2-25-23(26-13-8-18-31(29,30)19-20-9-4-3-5-10-20)28-16-14-27(15-17-28)22-12-7-6-11-21(22)24/h3-7,9-12H,2,8,13-19H2,1H3,(H,25,26). The summed E-state index contributed by atoms with van der Waals surface area (Å²) < 4.78 is 38.8. The van der Waals surface area contributed by atoms with Gasteiger partial charge in [0.2, 0.25) is 0 Å². The van der Waals surface area contributed by atoms with Gasteiger partial charge in [-0.15, -0.1) is 0 Å². The maximum atomic E-state index is 14.0. The number of halogens is 1. The second-order valence-corrected chi connectivity index (χ2v) is 9.78. The van der Waals surface area contributed by atoms with Crippen molar-refractivity contribution in [1.29, 1.82) is 0 Å². The summed E-state index contributed by atoms with van der Waals surface area (Å²) in [4.78, 5) is 8.84. The fourth-order valence-corrected chi connectivity index (χ4v) is 5.08. The third-order valence-electron chi connectivity index (χ3n) is 5.21. The molecule has 1 fully saturated rings. The van der Waals surface area contributed by atoms with Crippen molar-refractivity contribution in [2.75, 3.05) is 49.9 Å². The Bertz CT molecular complexity index is 959. The van der Waals surface area contributed by atoms with Crippen LogP contribution in [0.3, 0.4) is 0 Å². The maximum Gasteiger partial charge on any atom is 0.194 e. The molecule has 8 heteroatoms. The van der Waals surface area contributed by atoms with Crippen LogP contribution in [0.25, 0.3) is 0 Å². The first-order valence-corrected chi connectivity index (χ1v) is 12.6. The Kier molecular flexibility index (Phi) is 8.28. The SMILES string of the molecule is CCNC(=NCCCS(=O)(=O)Cc1ccccc1)N1CCN(c2ccccc2F)CC1. The second-order valence-electron chi connectivity index (χ2n) is 7.59. The molecule has 0 atom stereocenters. The van der Waals surface area contributed by atoms with Gasteiger partial charge in [-0.2, -0.15) is 0 Å². The van der Waals surface area contributed by atoms with E-state index in [0.717, 1.165) is 31.2 Å². The fourth-order valence-electron chi connectivity index (χ4n) is 3.66. The van der Waals surface area contributed by atoms with Crippen LogP contribution in [0.2, 0.25) is 0 Å². The summed E-state index contributed by atoms with van der Waals surface area (Å²) in [6, 6.07) is 16.1. The molecule has 0 unspecified atom stereocenters. The molecule has 6 nitrogen and oxygen atoms in total. The molecule has 0 spiro atoms. The van der Waals surface area contributed by atoms with Crippen molar-refractivity contribution in [3.8, 4) is 0 Å². The van der Waals surface area contributed by atoms with E-state index in [2.05, 4.69) is 15.2 Å². The van der Waals surface area contributed by atoms with E-state index >= 15 is 0 Å². The molecule has 168 valence electrons. The molecule has 3 rings (SSSR count). The average molecular weight is 447 g/mol. The van der Waals surface area contributed by atoms with Crippen LogP contribution >= 0.6 is 0 Å². The summed E-state index contributed by atoms with van der Waals surface area (Å²) in [6.07, 6.45) is 0.485. The smallest absolute Gasteiger partial charge is 0.194 e. The van der Waals surface area contributed by atoms with E-state index < -0.39 is 9.84 Å². The summed E-state index contributed by atoms with van der Waals surface area (Å²) in [5.41, 5.74) is 1.44. The molecule has 0 aliphatic carbocycles. The third-order valence-corrected chi connectivity index (χ3v) is 6.90. The number of sulfone groups is 1. The number of guanidine groups is 1. The molecule has 1 aliphatic rings. The number of para-hydroxylation sites is 1. The molecule has 1 heterocycles. The number of hydrogen-bond donors (Lipinski definition) is 1. The zero-order valence-electron chi connectivity index (χ0n) is 18.0. The van der Waals surface area contributed by atoms with Gasteiger partial charge in [0.05, 0.1) is 17.2 Å². The maximum absolute atomic E-state index is 14.0. The molecule has 1 saturated heterocycles. The fraction of sp³-hybridized carbons (Fsp3) is 0.435. The number of aliphatic imine (C=N–C) groups is 1. The van der Waals surface area contributed by atoms with Crippen LogP contribution in [-0.2, 0) is 15.6 Å². The number of hydrogen-bond acceptors (Lipinski definition) is 4. The highest BCUT2D eigenvalue weighted by Crippen LogP contribution is 2.20. The Morgan fingerprint density at radius 2 is 1.71 bits per heavy atom. The molecular weight excluding hydrogens is 415 g/mol. The van der Waals surface area contributed by atoms with E-state index in [0.29, 0.717) is 31.7 Å². The molecule has 0 bridgehead atoms. The van der Waals surface area contributed by atoms with E-state index in [4.69, 9.17) is 0 Å². The van der Waals surface area contributed by atoms with Gasteiger partial charge in [-0.25, -0.2) is 12.8 Å². The molecule has 0 saturated carbocycles. The van der Waals surface area contributed by atoms with Crippen LogP contribution in [-0.4, -0.2) is 64.3 Å². The van der Waals surface area contributed by atoms with Gasteiger partial charge < -0.3 is 15.1 Å². The van der Waals surface area contributed by atoms with Gasteiger partial charge in [-0.3, -0.25) is 4.99 Å². The Labute approximate surface area is 184 Å². The minimum Gasteiger partial charge on any atom is -0.366 e. The quantitative estimate of drug-likeness (QED) is 0.384. The Morgan fingerprint density at radius 1 is 1.03 bits per heavy atom. The van der Waals surface area contributed by atoms with Gasteiger partial charge in [0.25, 0.3) is 0 Å². The topological polar surface area (TPSA) is 65.0 Å². The highest BCUT2D eigenvalue weighted by molar-refractivity contribution is 7.90. The van der Waals surface area contributed by atoms with Crippen molar-refractivity contribution < 1.29 is 12.8 Å². The number of rotatable bonds is 8. The highest BCUT2D eigenvalue weighted by atomic mass is 32.2. The number of piperazine rings is 1. The van der Waals surface area contributed by atoms with E-state index in [1.165, 1.54) is 6.07 Å². The van der Waals surface area contributed by atoms with Gasteiger partial charge in [-0.05, 0) is 31.0 Å². The van der Waals surface area contributed by atoms with E-state index in [-0.39, 0.29) is 17.3 Å². The average Bonchev–Trinajstić information content (AvgIpc) is 2.77. The largest absolute Gasteiger partial charge is 0.366 e. The number of benzene rings is 2. The van der Waals surface area contributed by atoms with E-state index in [9.17, 15) is 12.8 Å². The van der Waals surface area contributed by atoms with Crippen molar-refractivity contribution in [2.24, 2.45) is 4.99 Å². The van der Waals surface area contributed by atoms with E-state index in [1.54, 1.807) is 12.1 Å². The van der Waals surface area contributed by atoms with Gasteiger partial charge in [0.15, 0.2) is 15.8 Å². The van der Waals surface area contributed by atoms with E-state index in [1.807, 2.05) is 48.2 Å². The van der Waals surface area contributed by atoms with Crippen molar-refractivity contribution in [3.63, 3.8) is 0 Å². The first-order valence-electron chi connectivity index (χ1n) is 10.8. The number of nitrogens with zero attached hydrogens (tertiary/aromatic N) is 3. The van der Waals surface area contributed by atoms with Crippen LogP contribution in [0, 0.1) is 5.82 Å². The predicted molar refractivity (Wildman–Crippen MR) is 125 cm³/mol. The molecule has 0 radical (unpaired) electrons. The zero-order chi connectivity index (χ0) is 22.1. The first kappa shape index (κ1) is 23.1. The minimum absolute atomic E-state index is 0.0651. The third kappa shape index (κ3) is 6.95. The first-order chi connectivity index (χ1) is 15.0. The van der Waals surface area contributed by atoms with Crippen molar-refractivity contribution in [3.05, 3.63) is 66.0 Å². The molecule has 2 aromatic carbocycles. The monoisotopic (exact) mass is 446 g/mol. The Morgan fingerprint density at radius 3 is 2.39 bits per heavy atom. The van der Waals surface area contributed by atoms with Crippen LogP contribution in [0.15, 0.2) is 59.6 Å². The summed E-state index contributed by atoms with van der Waals surface area (Å²) in [5, 5.41) is 3.29. The molecule has 1 N–H and O–H groups in total. The normalized spacial score (nSPS) is 15.2. The molecule has 1 aliphatic heterocycles. The van der Waals surface area contributed by atoms with Crippen LogP contribution in [0.1, 0.15) is 18.9 Å². The zero-order valence-corrected chi connectivity index (χ0v) is 18.8. The minimum atomic E-state index is -3.16. The van der Waals surface area contributed by atoms with Gasteiger partial charge in [-0.1, -0.05) is 42.5 Å². The lowest BCUT2D eigenvalue weighted by Crippen LogP contribution is -2.52. The molecule has 0 aromatic heterocycles. The molecule has 0 amide bonds. The van der Waals surface area contributed by atoms with Gasteiger partial charge in [0.1, 0.15) is 5.82 Å². The molecule has 2 aromatic rings. The lowest BCUT2D eigenvalue weighted by molar-refractivity contribution is 0.371. The second kappa shape index (κ2) is 11.1. The number of nitrogens with one attached hydrogen (secondary N) is 1. The lowest BCUT2D eigenvalue weighted by atomic mass is 10.2. The number of anilines is 1. The predicted octanol–water partition coefficient (Wildman–Crippen LogP) is 2.92. The lowest BCUT2D eigenvalue weighted by Gasteiger charge is -2.37. The van der Waals surface area contributed by atoms with Crippen molar-refractivity contribution in [2.45, 2.75) is 19.1 Å². The Hall–Kier alpha value is -2.61. The summed E-state index contributed by atoms with van der Waals surface area (Å²) in [6.45, 7) is 6.06. The Balaban J connectivity index is 1.50. The molecular formula is C23H31FN4O2S. The summed E-state index contributed by atoms with van der Waals surface area (Å²) in [7, 11) is -3.16. The van der Waals surface area contributed by atoms with Crippen LogP contribution < -0.4 is 10.2 Å². The summed E-state index contributed by atoms with van der Waals surface area (Å²) >= 11 is 0. The van der Waals surface area contributed by atoms with Crippen LogP contribution in [0.5, 0.6) is 0 Å². The van der Waals surface area contributed by atoms with Crippen LogP contribution in [0.4, 0.5) is 10.1 Å². The van der Waals surface area contributed by atoms with Crippen molar-refractivity contribution in [1.82, 2.24) is 10.2 Å². The van der Waals surface area contributed by atoms with Gasteiger partial charge >= 0.3 is 0 Å². The highest BCUT2D eigenvalue weighted by Gasteiger charge is 2.21. The van der Waals surface area contributed by atoms with Crippen molar-refractivity contribution >= 4 is 21.5 Å². The summed E-state index contributed by atoms with van der Waals surface area (Å²) in [5.74, 6) is 0.769. The molecule has 31 heavy (non-hydrogen) atoms.